The lowest BCUT2D eigenvalue weighted by atomic mass is 10.5. The molecule has 0 saturated carbocycles. The highest BCUT2D eigenvalue weighted by atomic mass is 16.4. The van der Waals surface area contributed by atoms with Crippen LogP contribution in [0.2, 0.25) is 0 Å². The predicted octanol–water partition coefficient (Wildman–Crippen LogP) is -0.498. The second-order valence-electron chi connectivity index (χ2n) is 1.33. The summed E-state index contributed by atoms with van der Waals surface area (Å²) >= 11 is 0. The lowest BCUT2D eigenvalue weighted by Crippen LogP contribution is -2.19. The van der Waals surface area contributed by atoms with Gasteiger partial charge < -0.3 is 14.3 Å². The van der Waals surface area contributed by atoms with Crippen LogP contribution in [0.1, 0.15) is 16.3 Å². The fourth-order valence-electron chi connectivity index (χ4n) is 0.333. The molecule has 3 heteroatoms. The van der Waals surface area contributed by atoms with Gasteiger partial charge in [0.15, 0.2) is 0 Å². The van der Waals surface area contributed by atoms with Crippen LogP contribution in [0.25, 0.3) is 0 Å². The molecule has 1 N–H and O–H groups in total. The molecular weight excluding hydrogens is 96.0 g/mol. The number of carbonyl (C=O) groups excluding carboxylic acids is 1. The van der Waals surface area contributed by atoms with Crippen molar-refractivity contribution in [3.63, 3.8) is 0 Å². The van der Waals surface area contributed by atoms with E-state index in [4.69, 9.17) is 0 Å². The van der Waals surface area contributed by atoms with E-state index in [0.29, 0.717) is 5.76 Å². The Balaban J connectivity index is 2.67. The van der Waals surface area contributed by atoms with Crippen LogP contribution in [0.3, 0.4) is 0 Å². The van der Waals surface area contributed by atoms with Gasteiger partial charge >= 0.3 is 0 Å². The van der Waals surface area contributed by atoms with E-state index in [2.05, 4.69) is 4.42 Å². The molecule has 0 fully saturated rings. The van der Waals surface area contributed by atoms with E-state index in [1.807, 2.05) is 0 Å². The number of hydrogen-bond acceptors (Lipinski definition) is 2. The molecule has 7 heavy (non-hydrogen) atoms. The second kappa shape index (κ2) is 0.992. The lowest BCUT2D eigenvalue weighted by molar-refractivity contribution is -0.255. The Morgan fingerprint density at radius 1 is 1.86 bits per heavy atom. The normalized spacial score (nSPS) is 9.86. The summed E-state index contributed by atoms with van der Waals surface area (Å²) in [6, 6.07) is 0. The molecule has 1 rings (SSSR count). The third kappa shape index (κ3) is 0.559. The molecule has 0 aliphatic heterocycles. The number of aryl methyl sites for hydroxylation is 1. The zero-order valence-corrected chi connectivity index (χ0v) is 3.76. The van der Waals surface area contributed by atoms with E-state index < -0.39 is 5.97 Å². The van der Waals surface area contributed by atoms with Gasteiger partial charge in [0.2, 0.25) is 0 Å². The Morgan fingerprint density at radius 2 is 2.29 bits per heavy atom. The Morgan fingerprint density at radius 3 is 2.29 bits per heavy atom. The molecule has 0 aromatic carbocycles. The number of carboxylic acids is 1. The summed E-state index contributed by atoms with van der Waals surface area (Å²) in [6.07, 6.45) is 0. The summed E-state index contributed by atoms with van der Waals surface area (Å²) in [4.78, 5) is 9.71. The fourth-order valence-corrected chi connectivity index (χ4v) is 0.333. The minimum Gasteiger partial charge on any atom is -0.788 e. The van der Waals surface area contributed by atoms with Crippen molar-refractivity contribution in [2.75, 3.05) is 0 Å². The molecule has 0 saturated heterocycles. The molecule has 0 radical (unpaired) electrons. The summed E-state index contributed by atoms with van der Waals surface area (Å²) in [5.74, 6) is -0.475. The molecule has 0 amide bonds. The molecule has 1 aromatic heterocycles. The first-order chi connectivity index (χ1) is 3.22. The van der Waals surface area contributed by atoms with E-state index in [9.17, 15) is 9.90 Å². The highest BCUT2D eigenvalue weighted by Crippen LogP contribution is 2.14. The number of hydrogen-bond donors (Lipinski definition) is 0. The third-order valence-corrected chi connectivity index (χ3v) is 0.766. The Kier molecular flexibility index (Phi) is 0.592. The van der Waals surface area contributed by atoms with Gasteiger partial charge in [-0.25, -0.2) is 0 Å². The summed E-state index contributed by atoms with van der Waals surface area (Å²) < 4.78 is 3.43. The highest BCUT2D eigenvalue weighted by Gasteiger charge is 1.88. The number of carbonyl (C=O) groups is 1. The maximum absolute atomic E-state index is 9.71. The first-order valence-corrected chi connectivity index (χ1v) is 1.86. The molecule has 0 unspecified atom stereocenters. The number of aromatic carboxylic acids is 1. The molecular formula is C4H4O3-2. The van der Waals surface area contributed by atoms with Gasteiger partial charge in [0.1, 0.15) is 0 Å². The SMILES string of the molecule is C[c-]1[oH+][c-]1C(=O)[O-]. The zero-order valence-electron chi connectivity index (χ0n) is 3.76. The zero-order chi connectivity index (χ0) is 5.44. The van der Waals surface area contributed by atoms with Gasteiger partial charge in [-0.15, -0.1) is 0 Å². The minimum absolute atomic E-state index is 0.111. The fraction of sp³-hybridized carbons (Fsp3) is 0.250. The van der Waals surface area contributed by atoms with E-state index in [1.54, 1.807) is 6.92 Å². The first kappa shape index (κ1) is 4.18. The van der Waals surface area contributed by atoms with Gasteiger partial charge in [-0.3, -0.25) is 0 Å². The van der Waals surface area contributed by atoms with Crippen molar-refractivity contribution in [2.24, 2.45) is 0 Å². The Labute approximate surface area is 39.9 Å². The first-order valence-electron chi connectivity index (χ1n) is 1.86. The van der Waals surface area contributed by atoms with Gasteiger partial charge in [-0.2, -0.15) is 5.97 Å². The maximum atomic E-state index is 9.71. The van der Waals surface area contributed by atoms with Crippen LogP contribution in [0, 0.1) is 6.92 Å². The van der Waals surface area contributed by atoms with Crippen molar-refractivity contribution < 1.29 is 14.3 Å². The summed E-state index contributed by atoms with van der Waals surface area (Å²) in [5, 5.41) is 9.71. The van der Waals surface area contributed by atoms with E-state index in [-0.39, 0.29) is 5.76 Å². The molecule has 1 aromatic rings. The second-order valence-corrected chi connectivity index (χ2v) is 1.33. The Hall–Kier alpha value is -0.990. The smallest absolute Gasteiger partial charge is 0.0114 e. The van der Waals surface area contributed by atoms with E-state index in [0.717, 1.165) is 0 Å². The molecule has 1 heterocycles. The number of carboxylic acid groups (broad SMARTS) is 1. The van der Waals surface area contributed by atoms with E-state index in [1.165, 1.54) is 0 Å². The van der Waals surface area contributed by atoms with Crippen LogP contribution < -0.4 is 5.11 Å². The van der Waals surface area contributed by atoms with Crippen molar-refractivity contribution in [1.29, 1.82) is 0 Å². The molecule has 0 spiro atoms. The molecule has 0 bridgehead atoms. The molecule has 0 atom stereocenters. The predicted molar refractivity (Wildman–Crippen MR) is 20.1 cm³/mol. The standard InChI is InChI=1S/C4H5O3/c1-2-3(7-2)4(5)6/h7H,1H3,(H,5,6)/q-1/p-1. The summed E-state index contributed by atoms with van der Waals surface area (Å²) in [5.41, 5.74) is 0. The molecule has 0 aliphatic rings. The quantitative estimate of drug-likeness (QED) is 0.353. The highest BCUT2D eigenvalue weighted by molar-refractivity contribution is 5.85. The van der Waals surface area contributed by atoms with Gasteiger partial charge in [0.25, 0.3) is 0 Å². The van der Waals surface area contributed by atoms with Crippen LogP contribution in [0.15, 0.2) is 4.42 Å². The summed E-state index contributed by atoms with van der Waals surface area (Å²) in [6.45, 7) is 1.63. The molecule has 40 valence electrons. The van der Waals surface area contributed by atoms with Crippen LogP contribution >= 0.6 is 0 Å². The Bertz CT molecular complexity index is 165. The maximum Gasteiger partial charge on any atom is -0.0114 e. The number of rotatable bonds is 1. The monoisotopic (exact) mass is 100 g/mol. The average molecular weight is 100 g/mol. The van der Waals surface area contributed by atoms with Crippen molar-refractivity contribution in [1.82, 2.24) is 0 Å². The third-order valence-electron chi connectivity index (χ3n) is 0.766. The van der Waals surface area contributed by atoms with Crippen LogP contribution in [-0.2, 0) is 0 Å². The minimum atomic E-state index is -1.17. The van der Waals surface area contributed by atoms with Crippen molar-refractivity contribution in [3.8, 4) is 0 Å². The van der Waals surface area contributed by atoms with Gasteiger partial charge in [-0.1, -0.05) is 12.7 Å². The lowest BCUT2D eigenvalue weighted by Gasteiger charge is -2.04. The van der Waals surface area contributed by atoms with E-state index >= 15 is 0 Å². The average Bonchev–Trinajstić information content (AvgIpc) is 2.17. The van der Waals surface area contributed by atoms with Gasteiger partial charge in [0, 0.05) is 0 Å². The van der Waals surface area contributed by atoms with Crippen molar-refractivity contribution in [3.05, 3.63) is 11.5 Å². The van der Waals surface area contributed by atoms with Crippen molar-refractivity contribution >= 4 is 5.97 Å². The largest absolute Gasteiger partial charge is 0.788 e. The van der Waals surface area contributed by atoms with Crippen LogP contribution in [0.4, 0.5) is 0 Å². The molecule has 0 aliphatic carbocycles. The van der Waals surface area contributed by atoms with Crippen LogP contribution in [0.5, 0.6) is 0 Å². The molecule has 3 nitrogen and oxygen atoms in total. The van der Waals surface area contributed by atoms with Crippen LogP contribution in [-0.4, -0.2) is 5.97 Å². The van der Waals surface area contributed by atoms with Gasteiger partial charge in [0.05, 0.1) is 0 Å². The summed E-state index contributed by atoms with van der Waals surface area (Å²) in [7, 11) is 0. The van der Waals surface area contributed by atoms with Gasteiger partial charge in [-0.05, 0) is 5.76 Å². The van der Waals surface area contributed by atoms with Crippen molar-refractivity contribution in [2.45, 2.75) is 6.92 Å². The topological polar surface area (TPSA) is 52.9 Å².